The van der Waals surface area contributed by atoms with E-state index in [1.54, 1.807) is 25.1 Å². The van der Waals surface area contributed by atoms with Gasteiger partial charge in [-0.3, -0.25) is 4.79 Å². The molecule has 0 saturated heterocycles. The quantitative estimate of drug-likeness (QED) is 0.788. The summed E-state index contributed by atoms with van der Waals surface area (Å²) in [5.74, 6) is -0.466. The predicted octanol–water partition coefficient (Wildman–Crippen LogP) is 1.35. The number of hydrogen-bond acceptors (Lipinski definition) is 2. The van der Waals surface area contributed by atoms with Gasteiger partial charge in [0.1, 0.15) is 5.82 Å². The Labute approximate surface area is 88.5 Å². The Bertz CT molecular complexity index is 341. The van der Waals surface area contributed by atoms with E-state index in [-0.39, 0.29) is 24.2 Å². The highest BCUT2D eigenvalue weighted by atomic mass is 19.1. The van der Waals surface area contributed by atoms with Gasteiger partial charge in [0.25, 0.3) is 0 Å². The Hall–Kier alpha value is -1.42. The Morgan fingerprint density at radius 3 is 2.80 bits per heavy atom. The van der Waals surface area contributed by atoms with Gasteiger partial charge in [-0.25, -0.2) is 4.39 Å². The van der Waals surface area contributed by atoms with Crippen molar-refractivity contribution in [3.05, 3.63) is 35.6 Å². The number of amides is 1. The Kier molecular flexibility index (Phi) is 4.24. The molecule has 0 saturated carbocycles. The zero-order chi connectivity index (χ0) is 11.3. The molecule has 0 bridgehead atoms. The SMILES string of the molecule is C[C@@H](NC(=O)CCN)c1ccccc1F. The van der Waals surface area contributed by atoms with Crippen LogP contribution in [0.25, 0.3) is 0 Å². The van der Waals surface area contributed by atoms with Crippen molar-refractivity contribution in [1.82, 2.24) is 5.32 Å². The van der Waals surface area contributed by atoms with Crippen molar-refractivity contribution in [2.75, 3.05) is 6.54 Å². The molecule has 0 unspecified atom stereocenters. The molecule has 1 amide bonds. The van der Waals surface area contributed by atoms with Gasteiger partial charge in [-0.1, -0.05) is 18.2 Å². The lowest BCUT2D eigenvalue weighted by atomic mass is 10.1. The van der Waals surface area contributed by atoms with Crippen LogP contribution in [0, 0.1) is 5.82 Å². The molecule has 0 radical (unpaired) electrons. The van der Waals surface area contributed by atoms with Crippen LogP contribution in [0.2, 0.25) is 0 Å². The smallest absolute Gasteiger partial charge is 0.221 e. The third-order valence-electron chi connectivity index (χ3n) is 2.12. The Balaban J connectivity index is 2.65. The topological polar surface area (TPSA) is 55.1 Å². The first-order valence-corrected chi connectivity index (χ1v) is 4.89. The molecule has 4 heteroatoms. The van der Waals surface area contributed by atoms with Gasteiger partial charge in [-0.2, -0.15) is 0 Å². The van der Waals surface area contributed by atoms with E-state index in [1.807, 2.05) is 0 Å². The third kappa shape index (κ3) is 3.32. The highest BCUT2D eigenvalue weighted by Crippen LogP contribution is 2.15. The molecule has 3 N–H and O–H groups in total. The fourth-order valence-electron chi connectivity index (χ4n) is 1.35. The van der Waals surface area contributed by atoms with Crippen molar-refractivity contribution >= 4 is 5.91 Å². The average Bonchev–Trinajstić information content (AvgIpc) is 2.18. The zero-order valence-electron chi connectivity index (χ0n) is 8.66. The molecule has 0 aromatic heterocycles. The first-order valence-electron chi connectivity index (χ1n) is 4.89. The van der Waals surface area contributed by atoms with Gasteiger partial charge in [0.05, 0.1) is 6.04 Å². The molecule has 0 aliphatic rings. The van der Waals surface area contributed by atoms with Crippen molar-refractivity contribution in [3.8, 4) is 0 Å². The lowest BCUT2D eigenvalue weighted by Gasteiger charge is -2.14. The number of benzene rings is 1. The van der Waals surface area contributed by atoms with Crippen molar-refractivity contribution in [1.29, 1.82) is 0 Å². The van der Waals surface area contributed by atoms with Crippen LogP contribution in [-0.4, -0.2) is 12.5 Å². The van der Waals surface area contributed by atoms with Crippen LogP contribution in [0.3, 0.4) is 0 Å². The standard InChI is InChI=1S/C11H15FN2O/c1-8(14-11(15)6-7-13)9-4-2-3-5-10(9)12/h2-5,8H,6-7,13H2,1H3,(H,14,15)/t8-/m1/s1. The zero-order valence-corrected chi connectivity index (χ0v) is 8.66. The van der Waals surface area contributed by atoms with E-state index >= 15 is 0 Å². The molecule has 3 nitrogen and oxygen atoms in total. The highest BCUT2D eigenvalue weighted by molar-refractivity contribution is 5.76. The molecule has 1 aromatic rings. The summed E-state index contributed by atoms with van der Waals surface area (Å²) in [7, 11) is 0. The lowest BCUT2D eigenvalue weighted by molar-refractivity contribution is -0.121. The van der Waals surface area contributed by atoms with Gasteiger partial charge in [-0.15, -0.1) is 0 Å². The van der Waals surface area contributed by atoms with Crippen molar-refractivity contribution in [3.63, 3.8) is 0 Å². The Morgan fingerprint density at radius 1 is 1.53 bits per heavy atom. The summed E-state index contributed by atoms with van der Waals surface area (Å²) in [4.78, 5) is 11.2. The monoisotopic (exact) mass is 210 g/mol. The summed E-state index contributed by atoms with van der Waals surface area (Å²) >= 11 is 0. The number of rotatable bonds is 4. The minimum atomic E-state index is -0.328. The largest absolute Gasteiger partial charge is 0.349 e. The predicted molar refractivity (Wildman–Crippen MR) is 56.6 cm³/mol. The van der Waals surface area contributed by atoms with Gasteiger partial charge in [0.15, 0.2) is 0 Å². The fraction of sp³-hybridized carbons (Fsp3) is 0.364. The van der Waals surface area contributed by atoms with Crippen LogP contribution in [0.4, 0.5) is 4.39 Å². The van der Waals surface area contributed by atoms with Crippen molar-refractivity contribution in [2.24, 2.45) is 5.73 Å². The minimum absolute atomic E-state index is 0.159. The number of halogens is 1. The second-order valence-electron chi connectivity index (χ2n) is 3.35. The second-order valence-corrected chi connectivity index (χ2v) is 3.35. The number of carbonyl (C=O) groups is 1. The van der Waals surface area contributed by atoms with E-state index in [2.05, 4.69) is 5.32 Å². The van der Waals surface area contributed by atoms with Crippen LogP contribution in [0.15, 0.2) is 24.3 Å². The Morgan fingerprint density at radius 2 is 2.20 bits per heavy atom. The molecular formula is C11H15FN2O. The summed E-state index contributed by atoms with van der Waals surface area (Å²) in [5.41, 5.74) is 5.73. The van der Waals surface area contributed by atoms with E-state index in [4.69, 9.17) is 5.73 Å². The molecule has 1 rings (SSSR count). The number of nitrogens with one attached hydrogen (secondary N) is 1. The van der Waals surface area contributed by atoms with Gasteiger partial charge >= 0.3 is 0 Å². The van der Waals surface area contributed by atoms with E-state index in [9.17, 15) is 9.18 Å². The summed E-state index contributed by atoms with van der Waals surface area (Å²) < 4.78 is 13.3. The molecule has 1 aromatic carbocycles. The van der Waals surface area contributed by atoms with Gasteiger partial charge in [0.2, 0.25) is 5.91 Å². The fourth-order valence-corrected chi connectivity index (χ4v) is 1.35. The number of hydrogen-bond donors (Lipinski definition) is 2. The van der Waals surface area contributed by atoms with Gasteiger partial charge < -0.3 is 11.1 Å². The van der Waals surface area contributed by atoms with Crippen LogP contribution in [0.5, 0.6) is 0 Å². The highest BCUT2D eigenvalue weighted by Gasteiger charge is 2.11. The molecule has 0 aliphatic heterocycles. The summed E-state index contributed by atoms with van der Waals surface area (Å²) in [6, 6.07) is 6.06. The van der Waals surface area contributed by atoms with Gasteiger partial charge in [-0.05, 0) is 13.0 Å². The average molecular weight is 210 g/mol. The van der Waals surface area contributed by atoms with Gasteiger partial charge in [0, 0.05) is 18.5 Å². The third-order valence-corrected chi connectivity index (χ3v) is 2.12. The molecule has 15 heavy (non-hydrogen) atoms. The molecule has 0 heterocycles. The summed E-state index contributed by atoms with van der Waals surface area (Å²) in [6.45, 7) is 2.04. The maximum Gasteiger partial charge on any atom is 0.221 e. The van der Waals surface area contributed by atoms with Crippen LogP contribution < -0.4 is 11.1 Å². The summed E-state index contributed by atoms with van der Waals surface area (Å²) in [5, 5.41) is 2.68. The first-order chi connectivity index (χ1) is 7.15. The first kappa shape index (κ1) is 11.7. The molecule has 0 spiro atoms. The maximum absolute atomic E-state index is 13.3. The number of nitrogens with two attached hydrogens (primary N) is 1. The summed E-state index contributed by atoms with van der Waals surface area (Å²) in [6.07, 6.45) is 0.263. The maximum atomic E-state index is 13.3. The van der Waals surface area contributed by atoms with E-state index < -0.39 is 0 Å². The second kappa shape index (κ2) is 5.46. The molecule has 82 valence electrons. The number of carbonyl (C=O) groups excluding carboxylic acids is 1. The van der Waals surface area contributed by atoms with Crippen LogP contribution in [-0.2, 0) is 4.79 Å². The van der Waals surface area contributed by atoms with E-state index in [0.29, 0.717) is 12.1 Å². The normalized spacial score (nSPS) is 12.2. The van der Waals surface area contributed by atoms with Crippen LogP contribution >= 0.6 is 0 Å². The lowest BCUT2D eigenvalue weighted by Crippen LogP contribution is -2.28. The minimum Gasteiger partial charge on any atom is -0.349 e. The van der Waals surface area contributed by atoms with Crippen LogP contribution in [0.1, 0.15) is 24.9 Å². The van der Waals surface area contributed by atoms with Crippen molar-refractivity contribution < 1.29 is 9.18 Å². The molecule has 1 atom stereocenters. The molecule has 0 aliphatic carbocycles. The van der Waals surface area contributed by atoms with E-state index in [0.717, 1.165) is 0 Å². The molecular weight excluding hydrogens is 195 g/mol. The molecule has 0 fully saturated rings. The van der Waals surface area contributed by atoms with Crippen molar-refractivity contribution in [2.45, 2.75) is 19.4 Å². The van der Waals surface area contributed by atoms with E-state index in [1.165, 1.54) is 6.07 Å².